The minimum absolute atomic E-state index is 0.193. The first-order chi connectivity index (χ1) is 11.8. The molecule has 0 spiro atoms. The Morgan fingerprint density at radius 1 is 1.04 bits per heavy atom. The molecule has 0 heterocycles. The van der Waals surface area contributed by atoms with Crippen LogP contribution in [0.4, 0.5) is 5.69 Å². The molecule has 0 bridgehead atoms. The quantitative estimate of drug-likeness (QED) is 0.831. The lowest BCUT2D eigenvalue weighted by molar-refractivity contribution is -0.114. The summed E-state index contributed by atoms with van der Waals surface area (Å²) in [7, 11) is -3.63. The number of rotatable bonds is 6. The van der Waals surface area contributed by atoms with Crippen LogP contribution < -0.4 is 10.0 Å². The van der Waals surface area contributed by atoms with Crippen LogP contribution in [0.1, 0.15) is 36.9 Å². The molecule has 1 fully saturated rings. The lowest BCUT2D eigenvalue weighted by Gasteiger charge is -2.19. The molecule has 2 N–H and O–H groups in total. The Kier molecular flexibility index (Phi) is 4.92. The second-order valence-electron chi connectivity index (χ2n) is 6.55. The average Bonchev–Trinajstić information content (AvgIpc) is 3.38. The van der Waals surface area contributed by atoms with Crippen molar-refractivity contribution in [2.75, 3.05) is 5.32 Å². The van der Waals surface area contributed by atoms with Gasteiger partial charge in [0.15, 0.2) is 0 Å². The zero-order chi connectivity index (χ0) is 18.0. The van der Waals surface area contributed by atoms with Gasteiger partial charge in [-0.15, -0.1) is 0 Å². The zero-order valence-corrected chi connectivity index (χ0v) is 15.1. The summed E-state index contributed by atoms with van der Waals surface area (Å²) in [4.78, 5) is 11.3. The molecule has 0 aliphatic heterocycles. The van der Waals surface area contributed by atoms with Crippen LogP contribution in [0, 0.1) is 12.8 Å². The zero-order valence-electron chi connectivity index (χ0n) is 14.3. The highest BCUT2D eigenvalue weighted by Gasteiger charge is 2.35. The molecule has 1 aliphatic carbocycles. The van der Waals surface area contributed by atoms with Crippen molar-refractivity contribution in [1.29, 1.82) is 0 Å². The molecular weight excluding hydrogens is 336 g/mol. The highest BCUT2D eigenvalue weighted by Crippen LogP contribution is 2.41. The SMILES string of the molecule is CC(=O)Nc1ccc(S(=O)(=O)N[C@@H](c2ccc(C)cc2)C2CC2)cc1. The summed E-state index contributed by atoms with van der Waals surface area (Å²) < 4.78 is 28.4. The topological polar surface area (TPSA) is 75.3 Å². The number of hydrogen-bond acceptors (Lipinski definition) is 3. The summed E-state index contributed by atoms with van der Waals surface area (Å²) in [5.41, 5.74) is 2.71. The number of anilines is 1. The molecule has 2 aromatic rings. The van der Waals surface area contributed by atoms with E-state index in [2.05, 4.69) is 10.0 Å². The van der Waals surface area contributed by atoms with E-state index in [1.807, 2.05) is 31.2 Å². The normalized spacial score (nSPS) is 15.6. The van der Waals surface area contributed by atoms with Crippen molar-refractivity contribution in [1.82, 2.24) is 4.72 Å². The summed E-state index contributed by atoms with van der Waals surface area (Å²) in [5, 5.41) is 2.63. The van der Waals surface area contributed by atoms with Crippen LogP contribution in [0.5, 0.6) is 0 Å². The summed E-state index contributed by atoms with van der Waals surface area (Å²) in [5.74, 6) is 0.151. The number of benzene rings is 2. The van der Waals surface area contributed by atoms with Crippen molar-refractivity contribution in [2.24, 2.45) is 5.92 Å². The van der Waals surface area contributed by atoms with Gasteiger partial charge in [0.25, 0.3) is 0 Å². The monoisotopic (exact) mass is 358 g/mol. The van der Waals surface area contributed by atoms with E-state index in [1.165, 1.54) is 19.1 Å². The Bertz CT molecular complexity index is 855. The van der Waals surface area contributed by atoms with Crippen LogP contribution >= 0.6 is 0 Å². The molecule has 25 heavy (non-hydrogen) atoms. The van der Waals surface area contributed by atoms with Gasteiger partial charge < -0.3 is 5.32 Å². The van der Waals surface area contributed by atoms with Gasteiger partial charge in [0.1, 0.15) is 0 Å². The maximum absolute atomic E-state index is 12.8. The molecule has 5 nitrogen and oxygen atoms in total. The Morgan fingerprint density at radius 3 is 2.16 bits per heavy atom. The van der Waals surface area contributed by atoms with Gasteiger partial charge in [0.05, 0.1) is 4.90 Å². The third kappa shape index (κ3) is 4.46. The number of sulfonamides is 1. The van der Waals surface area contributed by atoms with E-state index >= 15 is 0 Å². The fourth-order valence-corrected chi connectivity index (χ4v) is 4.09. The molecule has 0 radical (unpaired) electrons. The predicted molar refractivity (Wildman–Crippen MR) is 97.7 cm³/mol. The number of hydrogen-bond donors (Lipinski definition) is 2. The van der Waals surface area contributed by atoms with E-state index in [0.29, 0.717) is 11.6 Å². The fraction of sp³-hybridized carbons (Fsp3) is 0.316. The van der Waals surface area contributed by atoms with E-state index < -0.39 is 10.0 Å². The highest BCUT2D eigenvalue weighted by atomic mass is 32.2. The van der Waals surface area contributed by atoms with E-state index in [4.69, 9.17) is 0 Å². The van der Waals surface area contributed by atoms with E-state index in [1.54, 1.807) is 12.1 Å². The fourth-order valence-electron chi connectivity index (χ4n) is 2.80. The number of carbonyl (C=O) groups is 1. The van der Waals surface area contributed by atoms with Gasteiger partial charge in [-0.2, -0.15) is 0 Å². The van der Waals surface area contributed by atoms with Crippen LogP contribution in [0.25, 0.3) is 0 Å². The van der Waals surface area contributed by atoms with E-state index in [9.17, 15) is 13.2 Å². The van der Waals surface area contributed by atoms with Gasteiger partial charge in [-0.1, -0.05) is 29.8 Å². The second-order valence-corrected chi connectivity index (χ2v) is 8.27. The smallest absolute Gasteiger partial charge is 0.241 e. The molecular formula is C19H22N2O3S. The largest absolute Gasteiger partial charge is 0.326 e. The maximum Gasteiger partial charge on any atom is 0.241 e. The van der Waals surface area contributed by atoms with Gasteiger partial charge in [0.2, 0.25) is 15.9 Å². The van der Waals surface area contributed by atoms with Crippen molar-refractivity contribution in [3.63, 3.8) is 0 Å². The standard InChI is InChI=1S/C19H22N2O3S/c1-13-3-5-15(6-4-13)19(16-7-8-16)21-25(23,24)18-11-9-17(10-12-18)20-14(2)22/h3-6,9-12,16,19,21H,7-8H2,1-2H3,(H,20,22)/t19-/m0/s1. The first-order valence-corrected chi connectivity index (χ1v) is 9.80. The Hall–Kier alpha value is -2.18. The molecule has 2 aromatic carbocycles. The predicted octanol–water partition coefficient (Wildman–Crippen LogP) is 3.38. The molecule has 1 saturated carbocycles. The number of amides is 1. The van der Waals surface area contributed by atoms with Gasteiger partial charge in [0, 0.05) is 18.7 Å². The first kappa shape index (κ1) is 17.6. The third-order valence-corrected chi connectivity index (χ3v) is 5.75. The van der Waals surface area contributed by atoms with Gasteiger partial charge in [-0.05, 0) is 55.5 Å². The van der Waals surface area contributed by atoms with Gasteiger partial charge >= 0.3 is 0 Å². The van der Waals surface area contributed by atoms with Gasteiger partial charge in [-0.3, -0.25) is 4.79 Å². The molecule has 1 atom stereocenters. The molecule has 0 unspecified atom stereocenters. The average molecular weight is 358 g/mol. The molecule has 132 valence electrons. The first-order valence-electron chi connectivity index (χ1n) is 8.32. The Labute approximate surface area is 148 Å². The summed E-state index contributed by atoms with van der Waals surface area (Å²) in [6.45, 7) is 3.42. The summed E-state index contributed by atoms with van der Waals surface area (Å²) >= 11 is 0. The summed E-state index contributed by atoms with van der Waals surface area (Å²) in [6.07, 6.45) is 2.06. The van der Waals surface area contributed by atoms with E-state index in [-0.39, 0.29) is 16.8 Å². The van der Waals surface area contributed by atoms with Crippen molar-refractivity contribution in [3.05, 3.63) is 59.7 Å². The molecule has 0 aromatic heterocycles. The van der Waals surface area contributed by atoms with Crippen molar-refractivity contribution in [3.8, 4) is 0 Å². The van der Waals surface area contributed by atoms with Crippen LogP contribution in [0.15, 0.2) is 53.4 Å². The van der Waals surface area contributed by atoms with E-state index in [0.717, 1.165) is 24.0 Å². The molecule has 6 heteroatoms. The summed E-state index contributed by atoms with van der Waals surface area (Å²) in [6, 6.07) is 14.0. The maximum atomic E-state index is 12.8. The van der Waals surface area contributed by atoms with Crippen LogP contribution in [0.3, 0.4) is 0 Å². The van der Waals surface area contributed by atoms with Crippen molar-refractivity contribution < 1.29 is 13.2 Å². The van der Waals surface area contributed by atoms with Crippen molar-refractivity contribution >= 4 is 21.6 Å². The lowest BCUT2D eigenvalue weighted by Crippen LogP contribution is -2.30. The molecule has 1 amide bonds. The van der Waals surface area contributed by atoms with Crippen LogP contribution in [0.2, 0.25) is 0 Å². The Balaban J connectivity index is 1.81. The second kappa shape index (κ2) is 6.98. The number of aryl methyl sites for hydroxylation is 1. The minimum Gasteiger partial charge on any atom is -0.326 e. The number of carbonyl (C=O) groups excluding carboxylic acids is 1. The minimum atomic E-state index is -3.63. The van der Waals surface area contributed by atoms with Crippen LogP contribution in [-0.4, -0.2) is 14.3 Å². The highest BCUT2D eigenvalue weighted by molar-refractivity contribution is 7.89. The van der Waals surface area contributed by atoms with Gasteiger partial charge in [-0.25, -0.2) is 13.1 Å². The number of nitrogens with one attached hydrogen (secondary N) is 2. The molecule has 0 saturated heterocycles. The molecule has 1 aliphatic rings. The lowest BCUT2D eigenvalue weighted by atomic mass is 10.0. The Morgan fingerprint density at radius 2 is 1.64 bits per heavy atom. The third-order valence-electron chi connectivity index (χ3n) is 4.30. The molecule has 3 rings (SSSR count). The van der Waals surface area contributed by atoms with Crippen LogP contribution in [-0.2, 0) is 14.8 Å². The van der Waals surface area contributed by atoms with Crippen molar-refractivity contribution in [2.45, 2.75) is 37.6 Å².